The van der Waals surface area contributed by atoms with Gasteiger partial charge in [0.2, 0.25) is 0 Å². The largest absolute Gasteiger partial charge is 0.380 e. The highest BCUT2D eigenvalue weighted by molar-refractivity contribution is 4.93. The van der Waals surface area contributed by atoms with Crippen molar-refractivity contribution in [2.75, 3.05) is 79.8 Å². The van der Waals surface area contributed by atoms with Crippen molar-refractivity contribution in [3.8, 4) is 0 Å². The maximum atomic E-state index is 6.31. The quantitative estimate of drug-likeness (QED) is 0.0462. The van der Waals surface area contributed by atoms with Gasteiger partial charge in [0.1, 0.15) is 0 Å². The SMILES string of the molecule is CCCCC/C=C\C/C=C\CCCCCCCCOCC(COCCCCCCCC/C=C\C/C=C\CCCCC)N1CCN(CCCN(C)C)CC1. The van der Waals surface area contributed by atoms with E-state index in [0.29, 0.717) is 6.04 Å². The first kappa shape index (κ1) is 49.8. The molecule has 0 aromatic heterocycles. The maximum Gasteiger partial charge on any atom is 0.0644 e. The van der Waals surface area contributed by atoms with Gasteiger partial charge < -0.3 is 19.3 Å². The average molecular weight is 742 g/mol. The molecule has 0 aromatic carbocycles. The van der Waals surface area contributed by atoms with Gasteiger partial charge in [-0.15, -0.1) is 0 Å². The van der Waals surface area contributed by atoms with E-state index in [2.05, 4.69) is 91.3 Å². The lowest BCUT2D eigenvalue weighted by molar-refractivity contribution is -0.0141. The van der Waals surface area contributed by atoms with Gasteiger partial charge in [-0.25, -0.2) is 0 Å². The minimum Gasteiger partial charge on any atom is -0.380 e. The van der Waals surface area contributed by atoms with Crippen LogP contribution < -0.4 is 0 Å². The van der Waals surface area contributed by atoms with Crippen LogP contribution in [0.2, 0.25) is 0 Å². The van der Waals surface area contributed by atoms with E-state index in [1.807, 2.05) is 0 Å². The number of nitrogens with zero attached hydrogens (tertiary/aromatic N) is 3. The van der Waals surface area contributed by atoms with E-state index < -0.39 is 0 Å². The first-order valence-electron chi connectivity index (χ1n) is 23.0. The van der Waals surface area contributed by atoms with E-state index in [9.17, 15) is 0 Å². The van der Waals surface area contributed by atoms with Crippen LogP contribution in [0.5, 0.6) is 0 Å². The van der Waals surface area contributed by atoms with Gasteiger partial charge >= 0.3 is 0 Å². The molecule has 0 atom stereocenters. The van der Waals surface area contributed by atoms with E-state index in [1.54, 1.807) is 0 Å². The smallest absolute Gasteiger partial charge is 0.0644 e. The summed E-state index contributed by atoms with van der Waals surface area (Å²) < 4.78 is 12.6. The normalized spacial score (nSPS) is 15.0. The lowest BCUT2D eigenvalue weighted by Gasteiger charge is -2.39. The highest BCUT2D eigenvalue weighted by atomic mass is 16.5. The summed E-state index contributed by atoms with van der Waals surface area (Å²) in [4.78, 5) is 7.59. The van der Waals surface area contributed by atoms with Crippen molar-refractivity contribution in [1.82, 2.24) is 14.7 Å². The molecule has 1 aliphatic rings. The summed E-state index contributed by atoms with van der Waals surface area (Å²) in [5, 5.41) is 0. The number of allylic oxidation sites excluding steroid dienone is 8. The Balaban J connectivity index is 2.17. The Morgan fingerprint density at radius 1 is 0.472 bits per heavy atom. The molecule has 0 bridgehead atoms. The predicted molar refractivity (Wildman–Crippen MR) is 235 cm³/mol. The molecule has 0 radical (unpaired) electrons. The minimum atomic E-state index is 0.383. The Hall–Kier alpha value is -1.24. The maximum absolute atomic E-state index is 6.31. The fourth-order valence-corrected chi connectivity index (χ4v) is 7.04. The number of hydrogen-bond donors (Lipinski definition) is 0. The molecule has 53 heavy (non-hydrogen) atoms. The van der Waals surface area contributed by atoms with Crippen molar-refractivity contribution in [2.45, 2.75) is 180 Å². The molecule has 0 amide bonds. The van der Waals surface area contributed by atoms with Gasteiger partial charge in [-0.05, 0) is 111 Å². The van der Waals surface area contributed by atoms with Gasteiger partial charge in [0.25, 0.3) is 0 Å². The zero-order valence-electron chi connectivity index (χ0n) is 36.1. The van der Waals surface area contributed by atoms with Crippen molar-refractivity contribution < 1.29 is 9.47 Å². The number of unbranched alkanes of at least 4 members (excludes halogenated alkanes) is 18. The van der Waals surface area contributed by atoms with Crippen LogP contribution in [0, 0.1) is 0 Å². The molecule has 1 fully saturated rings. The molecule has 0 N–H and O–H groups in total. The van der Waals surface area contributed by atoms with Gasteiger partial charge in [0, 0.05) is 39.4 Å². The monoisotopic (exact) mass is 742 g/mol. The lowest BCUT2D eigenvalue weighted by atomic mass is 10.1. The number of hydrogen-bond acceptors (Lipinski definition) is 5. The second-order valence-electron chi connectivity index (χ2n) is 16.0. The van der Waals surface area contributed by atoms with Crippen molar-refractivity contribution in [1.29, 1.82) is 0 Å². The lowest BCUT2D eigenvalue weighted by Crippen LogP contribution is -2.53. The van der Waals surface area contributed by atoms with E-state index in [4.69, 9.17) is 9.47 Å². The molecule has 0 aliphatic carbocycles. The van der Waals surface area contributed by atoms with Crippen LogP contribution in [-0.2, 0) is 9.47 Å². The van der Waals surface area contributed by atoms with Gasteiger partial charge in [-0.1, -0.05) is 140 Å². The Morgan fingerprint density at radius 2 is 0.868 bits per heavy atom. The van der Waals surface area contributed by atoms with E-state index in [0.717, 1.165) is 52.4 Å². The second kappa shape index (κ2) is 40.4. The van der Waals surface area contributed by atoms with Crippen LogP contribution in [0.1, 0.15) is 174 Å². The fourth-order valence-electron chi connectivity index (χ4n) is 7.04. The average Bonchev–Trinajstić information content (AvgIpc) is 3.16. The zero-order chi connectivity index (χ0) is 38.1. The van der Waals surface area contributed by atoms with Crippen LogP contribution in [0.25, 0.3) is 0 Å². The molecule has 1 saturated heterocycles. The summed E-state index contributed by atoms with van der Waals surface area (Å²) in [7, 11) is 4.35. The molecule has 0 spiro atoms. The van der Waals surface area contributed by atoms with Crippen LogP contribution in [0.3, 0.4) is 0 Å². The van der Waals surface area contributed by atoms with E-state index in [1.165, 1.54) is 174 Å². The molecule has 5 heteroatoms. The molecule has 1 rings (SSSR count). The van der Waals surface area contributed by atoms with Crippen molar-refractivity contribution >= 4 is 0 Å². The number of ether oxygens (including phenoxy) is 2. The first-order valence-corrected chi connectivity index (χ1v) is 23.0. The third-order valence-corrected chi connectivity index (χ3v) is 10.6. The summed E-state index contributed by atoms with van der Waals surface area (Å²) in [5.41, 5.74) is 0. The van der Waals surface area contributed by atoms with Crippen LogP contribution in [0.15, 0.2) is 48.6 Å². The fraction of sp³-hybridized carbons (Fsp3) is 0.833. The molecule has 1 heterocycles. The third-order valence-electron chi connectivity index (χ3n) is 10.6. The highest BCUT2D eigenvalue weighted by Gasteiger charge is 2.24. The van der Waals surface area contributed by atoms with Crippen molar-refractivity contribution in [3.63, 3.8) is 0 Å². The predicted octanol–water partition coefficient (Wildman–Crippen LogP) is 12.6. The minimum absolute atomic E-state index is 0.383. The van der Waals surface area contributed by atoms with Gasteiger partial charge in [-0.3, -0.25) is 4.90 Å². The molecule has 0 unspecified atom stereocenters. The van der Waals surface area contributed by atoms with Crippen LogP contribution in [0.4, 0.5) is 0 Å². The van der Waals surface area contributed by atoms with Crippen molar-refractivity contribution in [3.05, 3.63) is 48.6 Å². The highest BCUT2D eigenvalue weighted by Crippen LogP contribution is 2.13. The Morgan fingerprint density at radius 3 is 1.28 bits per heavy atom. The van der Waals surface area contributed by atoms with Gasteiger partial charge in [0.15, 0.2) is 0 Å². The molecule has 0 aromatic rings. The number of piperazine rings is 1. The Kier molecular flexibility index (Phi) is 38.0. The van der Waals surface area contributed by atoms with Crippen LogP contribution >= 0.6 is 0 Å². The summed E-state index contributed by atoms with van der Waals surface area (Å²) in [5.74, 6) is 0. The molecular formula is C48H91N3O2. The summed E-state index contributed by atoms with van der Waals surface area (Å²) in [6, 6.07) is 0.383. The van der Waals surface area contributed by atoms with Crippen molar-refractivity contribution in [2.24, 2.45) is 0 Å². The number of rotatable bonds is 39. The summed E-state index contributed by atoms with van der Waals surface area (Å²) in [6.07, 6.45) is 51.0. The molecule has 310 valence electrons. The standard InChI is InChI=1S/C48H91N3O2/c1-5-7-9-11-13-15-17-19-21-23-25-27-29-31-33-35-44-52-46-48(51-42-40-50(41-43-51)39-37-38-49(3)4)47-53-45-36-34-32-30-28-26-24-22-20-18-16-14-12-10-8-6-2/h13-16,19-22,48H,5-12,17-18,23-47H2,1-4H3/b15-13-,16-14-,21-19-,22-20-. The topological polar surface area (TPSA) is 28.2 Å². The molecule has 5 nitrogen and oxygen atoms in total. The molecule has 0 saturated carbocycles. The third kappa shape index (κ3) is 35.0. The van der Waals surface area contributed by atoms with Gasteiger partial charge in [-0.2, -0.15) is 0 Å². The molecule has 1 aliphatic heterocycles. The Bertz CT molecular complexity index is 794. The van der Waals surface area contributed by atoms with E-state index >= 15 is 0 Å². The second-order valence-corrected chi connectivity index (χ2v) is 16.0. The Labute approximate surface area is 332 Å². The first-order chi connectivity index (χ1) is 26.2. The van der Waals surface area contributed by atoms with Gasteiger partial charge in [0.05, 0.1) is 19.3 Å². The zero-order valence-corrected chi connectivity index (χ0v) is 36.1. The summed E-state index contributed by atoms with van der Waals surface area (Å²) in [6.45, 7) is 14.9. The van der Waals surface area contributed by atoms with Crippen LogP contribution in [-0.4, -0.2) is 101 Å². The molecular weight excluding hydrogens is 651 g/mol. The summed E-state index contributed by atoms with van der Waals surface area (Å²) >= 11 is 0. The van der Waals surface area contributed by atoms with E-state index in [-0.39, 0.29) is 0 Å².